The Labute approximate surface area is 301 Å². The van der Waals surface area contributed by atoms with Gasteiger partial charge >= 0.3 is 0 Å². The van der Waals surface area contributed by atoms with E-state index in [0.29, 0.717) is 41.3 Å². The van der Waals surface area contributed by atoms with Crippen molar-refractivity contribution in [2.75, 3.05) is 46.9 Å². The summed E-state index contributed by atoms with van der Waals surface area (Å²) in [6, 6.07) is 16.7. The lowest BCUT2D eigenvalue weighted by molar-refractivity contribution is -0.121. The fourth-order valence-electron chi connectivity index (χ4n) is 9.11. The van der Waals surface area contributed by atoms with Crippen LogP contribution in [-0.2, 0) is 17.6 Å². The minimum Gasteiger partial charge on any atom is -0.481 e. The molecular formula is C39H39Cl2N5O4. The lowest BCUT2D eigenvalue weighted by Crippen LogP contribution is -2.58. The number of carbonyl (C=O) groups is 1. The van der Waals surface area contributed by atoms with E-state index in [9.17, 15) is 9.90 Å². The largest absolute Gasteiger partial charge is 0.481 e. The van der Waals surface area contributed by atoms with Gasteiger partial charge in [0.2, 0.25) is 17.7 Å². The van der Waals surface area contributed by atoms with Crippen LogP contribution in [-0.4, -0.2) is 83.8 Å². The van der Waals surface area contributed by atoms with Crippen LogP contribution in [0.5, 0.6) is 11.8 Å². The molecule has 2 aromatic carbocycles. The Morgan fingerprint density at radius 1 is 0.800 bits per heavy atom. The molecule has 0 radical (unpaired) electrons. The number of amides is 1. The lowest BCUT2D eigenvalue weighted by Gasteiger charge is -2.50. The number of pyridine rings is 2. The van der Waals surface area contributed by atoms with Gasteiger partial charge in [0.1, 0.15) is 0 Å². The third-order valence-corrected chi connectivity index (χ3v) is 12.3. The Kier molecular flexibility index (Phi) is 7.86. The van der Waals surface area contributed by atoms with Crippen molar-refractivity contribution in [3.05, 3.63) is 80.8 Å². The highest BCUT2D eigenvalue weighted by Crippen LogP contribution is 2.50. The lowest BCUT2D eigenvalue weighted by atomic mass is 9.77. The van der Waals surface area contributed by atoms with E-state index in [-0.39, 0.29) is 29.5 Å². The fourth-order valence-corrected chi connectivity index (χ4v) is 9.76. The zero-order valence-electron chi connectivity index (χ0n) is 28.1. The number of nitrogens with one attached hydrogen (secondary N) is 1. The van der Waals surface area contributed by atoms with Crippen LogP contribution in [0, 0.1) is 5.41 Å². The summed E-state index contributed by atoms with van der Waals surface area (Å²) in [6.45, 7) is 3.94. The first kappa shape index (κ1) is 32.2. The second-order valence-corrected chi connectivity index (χ2v) is 15.3. The zero-order valence-corrected chi connectivity index (χ0v) is 29.7. The predicted octanol–water partition coefficient (Wildman–Crippen LogP) is 6.27. The average molecular weight is 713 g/mol. The Morgan fingerprint density at radius 3 is 1.76 bits per heavy atom. The van der Waals surface area contributed by atoms with Gasteiger partial charge in [-0.2, -0.15) is 0 Å². The van der Waals surface area contributed by atoms with Crippen LogP contribution in [0.3, 0.4) is 0 Å². The van der Waals surface area contributed by atoms with E-state index >= 15 is 0 Å². The Balaban J connectivity index is 1.03. The van der Waals surface area contributed by atoms with E-state index in [1.54, 1.807) is 14.2 Å². The summed E-state index contributed by atoms with van der Waals surface area (Å²) >= 11 is 14.5. The number of ether oxygens (including phenoxy) is 2. The van der Waals surface area contributed by atoms with Crippen LogP contribution in [0.4, 0.5) is 0 Å². The number of benzene rings is 2. The molecule has 9 rings (SSSR count). The molecule has 0 unspecified atom stereocenters. The van der Waals surface area contributed by atoms with E-state index in [0.717, 1.165) is 90.1 Å². The van der Waals surface area contributed by atoms with Crippen LogP contribution < -0.4 is 14.8 Å². The molecule has 9 nitrogen and oxygen atoms in total. The number of hydrogen-bond acceptors (Lipinski definition) is 8. The second kappa shape index (κ2) is 12.2. The first-order valence-electron chi connectivity index (χ1n) is 17.4. The smallest absolute Gasteiger partial charge is 0.220 e. The number of fused-ring (bicyclic) bond motifs is 2. The van der Waals surface area contributed by atoms with Crippen molar-refractivity contribution < 1.29 is 19.4 Å². The standard InChI is InChI=1S/C39H39Cl2N5O4/c1-49-37-33-21(9-11-30(33)45-16-23(47)17-45)13-28(43-37)26-7-3-5-24(35(26)40)25-6-4-8-27(36(25)41)29-14-22-10-12-31(34(22)38(44-29)50-2)46-19-39(20-46)15-32(48)42-18-39/h3-8,13-14,23,30-31,47H,9-12,15-20H2,1-2H3,(H,42,48)/t30-,31+/m1/s1. The minimum atomic E-state index is -0.260. The summed E-state index contributed by atoms with van der Waals surface area (Å²) in [5.74, 6) is 1.40. The van der Waals surface area contributed by atoms with E-state index in [4.69, 9.17) is 42.6 Å². The summed E-state index contributed by atoms with van der Waals surface area (Å²) in [6.07, 6.45) is 4.16. The zero-order chi connectivity index (χ0) is 34.3. The van der Waals surface area contributed by atoms with Gasteiger partial charge in [-0.15, -0.1) is 0 Å². The predicted molar refractivity (Wildman–Crippen MR) is 193 cm³/mol. The van der Waals surface area contributed by atoms with Gasteiger partial charge in [-0.25, -0.2) is 9.97 Å². The number of likely N-dealkylation sites (tertiary alicyclic amines) is 2. The van der Waals surface area contributed by atoms with E-state index in [2.05, 4.69) is 27.2 Å². The van der Waals surface area contributed by atoms with Gasteiger partial charge in [0.05, 0.1) is 41.8 Å². The molecule has 2 N–H and O–H groups in total. The number of aromatic nitrogens is 2. The number of aliphatic hydroxyl groups is 1. The van der Waals surface area contributed by atoms with Crippen molar-refractivity contribution in [1.29, 1.82) is 0 Å². The number of carbonyl (C=O) groups excluding carboxylic acids is 1. The molecule has 4 aromatic rings. The van der Waals surface area contributed by atoms with Crippen LogP contribution in [0.25, 0.3) is 33.6 Å². The molecular weight excluding hydrogens is 673 g/mol. The Hall–Kier alpha value is -3.73. The molecule has 5 heterocycles. The highest BCUT2D eigenvalue weighted by molar-refractivity contribution is 6.39. The highest BCUT2D eigenvalue weighted by Gasteiger charge is 2.51. The van der Waals surface area contributed by atoms with Gasteiger partial charge in [0, 0.05) is 90.0 Å². The van der Waals surface area contributed by atoms with Crippen molar-refractivity contribution >= 4 is 29.1 Å². The molecule has 2 atom stereocenters. The molecule has 50 heavy (non-hydrogen) atoms. The van der Waals surface area contributed by atoms with Crippen molar-refractivity contribution in [3.8, 4) is 45.4 Å². The van der Waals surface area contributed by atoms with E-state index in [1.807, 2.05) is 36.4 Å². The molecule has 258 valence electrons. The molecule has 1 amide bonds. The third kappa shape index (κ3) is 5.12. The highest BCUT2D eigenvalue weighted by atomic mass is 35.5. The van der Waals surface area contributed by atoms with E-state index < -0.39 is 0 Å². The molecule has 0 bridgehead atoms. The average Bonchev–Trinajstić information content (AvgIpc) is 3.82. The topological polar surface area (TPSA) is 100 Å². The van der Waals surface area contributed by atoms with Crippen molar-refractivity contribution in [2.45, 2.75) is 50.3 Å². The number of aliphatic hydroxyl groups excluding tert-OH is 1. The summed E-state index contributed by atoms with van der Waals surface area (Å²) < 4.78 is 11.8. The van der Waals surface area contributed by atoms with Gasteiger partial charge < -0.3 is 19.9 Å². The molecule has 2 aliphatic carbocycles. The third-order valence-electron chi connectivity index (χ3n) is 11.5. The maximum atomic E-state index is 11.9. The monoisotopic (exact) mass is 711 g/mol. The number of rotatable bonds is 7. The number of β-amino-alcohol motifs (C(OH)–C–C–N with tert-alkyl or cyclic N) is 1. The van der Waals surface area contributed by atoms with Gasteiger partial charge in [0.25, 0.3) is 0 Å². The minimum absolute atomic E-state index is 0.0673. The van der Waals surface area contributed by atoms with Gasteiger partial charge in [0.15, 0.2) is 0 Å². The molecule has 3 saturated heterocycles. The number of aryl methyl sites for hydroxylation is 2. The van der Waals surface area contributed by atoms with Crippen LogP contribution in [0.1, 0.15) is 53.6 Å². The fraction of sp³-hybridized carbons (Fsp3) is 0.410. The molecule has 0 saturated carbocycles. The summed E-state index contributed by atoms with van der Waals surface area (Å²) in [7, 11) is 3.34. The summed E-state index contributed by atoms with van der Waals surface area (Å²) in [4.78, 5) is 26.7. The molecule has 5 aliphatic rings. The normalized spacial score (nSPS) is 22.6. The maximum Gasteiger partial charge on any atom is 0.220 e. The first-order valence-corrected chi connectivity index (χ1v) is 18.2. The van der Waals surface area contributed by atoms with Gasteiger partial charge in [-0.1, -0.05) is 59.6 Å². The van der Waals surface area contributed by atoms with Crippen molar-refractivity contribution in [2.24, 2.45) is 5.41 Å². The quantitative estimate of drug-likeness (QED) is 0.231. The number of methoxy groups -OCH3 is 2. The summed E-state index contributed by atoms with van der Waals surface area (Å²) in [5, 5.41) is 14.0. The Morgan fingerprint density at radius 2 is 1.30 bits per heavy atom. The van der Waals surface area contributed by atoms with Crippen LogP contribution in [0.15, 0.2) is 48.5 Å². The van der Waals surface area contributed by atoms with Crippen molar-refractivity contribution in [1.82, 2.24) is 25.1 Å². The van der Waals surface area contributed by atoms with Gasteiger partial charge in [-0.3, -0.25) is 14.6 Å². The second-order valence-electron chi connectivity index (χ2n) is 14.6. The van der Waals surface area contributed by atoms with Crippen LogP contribution >= 0.6 is 23.2 Å². The number of hydrogen-bond donors (Lipinski definition) is 2. The van der Waals surface area contributed by atoms with Gasteiger partial charge in [-0.05, 0) is 48.9 Å². The maximum absolute atomic E-state index is 11.9. The molecule has 1 spiro atoms. The number of halogens is 2. The first-order chi connectivity index (χ1) is 24.3. The van der Waals surface area contributed by atoms with Crippen LogP contribution in [0.2, 0.25) is 10.0 Å². The van der Waals surface area contributed by atoms with Crippen molar-refractivity contribution in [3.63, 3.8) is 0 Å². The summed E-state index contributed by atoms with van der Waals surface area (Å²) in [5.41, 5.74) is 9.53. The molecule has 2 aromatic heterocycles. The van der Waals surface area contributed by atoms with E-state index in [1.165, 1.54) is 11.1 Å². The molecule has 3 aliphatic heterocycles. The number of nitrogens with zero attached hydrogens (tertiary/aromatic N) is 4. The Bertz CT molecular complexity index is 2040. The SMILES string of the molecule is COc1nc(-c2cccc(-c3cccc(-c4cc5c(c(OC)n4)[C@@H](N4CC6(CNC(=O)C6)C4)CC5)c3Cl)c2Cl)cc2c1[C@H](N1CC(O)C1)CC2. The molecule has 11 heteroatoms. The molecule has 3 fully saturated rings.